The molecule has 116 valence electrons. The van der Waals surface area contributed by atoms with Crippen LogP contribution in [0.1, 0.15) is 17.3 Å². The lowest BCUT2D eigenvalue weighted by Crippen LogP contribution is -2.08. The number of nitrogen functional groups attached to an aromatic ring is 1. The van der Waals surface area contributed by atoms with Gasteiger partial charge in [-0.15, -0.1) is 0 Å². The molecular weight excluding hydrogens is 297 g/mol. The third-order valence-corrected chi connectivity index (χ3v) is 3.40. The molecule has 0 saturated heterocycles. The number of nitrogens with zero attached hydrogens (tertiary/aromatic N) is 2. The number of hydrogen-bond donors (Lipinski definition) is 1. The van der Waals surface area contributed by atoms with E-state index in [1.807, 2.05) is 0 Å². The van der Waals surface area contributed by atoms with Gasteiger partial charge >= 0.3 is 5.97 Å². The van der Waals surface area contributed by atoms with Gasteiger partial charge in [0, 0.05) is 17.1 Å². The third-order valence-electron chi connectivity index (χ3n) is 3.40. The summed E-state index contributed by atoms with van der Waals surface area (Å²) in [5.74, 6) is -0.571. The van der Waals surface area contributed by atoms with Gasteiger partial charge in [0.05, 0.1) is 17.9 Å². The van der Waals surface area contributed by atoms with Crippen molar-refractivity contribution in [2.45, 2.75) is 6.92 Å². The molecule has 3 rings (SSSR count). The number of carbonyl (C=O) groups excluding carboxylic acids is 1. The number of aromatic nitrogens is 2. The molecule has 2 heterocycles. The van der Waals surface area contributed by atoms with E-state index in [1.54, 1.807) is 31.2 Å². The first-order chi connectivity index (χ1) is 11.1. The lowest BCUT2D eigenvalue weighted by atomic mass is 10.1. The zero-order valence-corrected chi connectivity index (χ0v) is 12.4. The number of rotatable bonds is 3. The van der Waals surface area contributed by atoms with E-state index in [1.165, 1.54) is 18.3 Å². The first-order valence-electron chi connectivity index (χ1n) is 7.08. The number of carbonyl (C=O) groups is 1. The molecule has 0 atom stereocenters. The Morgan fingerprint density at radius 1 is 1.22 bits per heavy atom. The summed E-state index contributed by atoms with van der Waals surface area (Å²) in [5.41, 5.74) is 7.98. The summed E-state index contributed by atoms with van der Waals surface area (Å²) in [6.07, 6.45) is 1.38. The summed E-state index contributed by atoms with van der Waals surface area (Å²) in [6, 6.07) is 9.46. The number of hydrogen-bond acceptors (Lipinski definition) is 5. The van der Waals surface area contributed by atoms with Crippen molar-refractivity contribution in [1.82, 2.24) is 9.97 Å². The molecule has 0 bridgehead atoms. The molecule has 23 heavy (non-hydrogen) atoms. The number of esters is 1. The highest BCUT2D eigenvalue weighted by atomic mass is 19.1. The van der Waals surface area contributed by atoms with Gasteiger partial charge in [-0.1, -0.05) is 0 Å². The van der Waals surface area contributed by atoms with Crippen molar-refractivity contribution in [3.63, 3.8) is 0 Å². The lowest BCUT2D eigenvalue weighted by molar-refractivity contribution is 0.0528. The zero-order chi connectivity index (χ0) is 16.4. The molecule has 0 amide bonds. The number of pyridine rings is 2. The molecule has 0 fully saturated rings. The van der Waals surface area contributed by atoms with Crippen molar-refractivity contribution in [3.8, 4) is 11.3 Å². The van der Waals surface area contributed by atoms with Crippen molar-refractivity contribution >= 4 is 22.7 Å². The Balaban J connectivity index is 2.14. The fourth-order valence-corrected chi connectivity index (χ4v) is 2.29. The minimum absolute atomic E-state index is 0.219. The summed E-state index contributed by atoms with van der Waals surface area (Å²) in [5, 5.41) is 0.571. The van der Waals surface area contributed by atoms with Gasteiger partial charge in [-0.3, -0.25) is 0 Å². The first kappa shape index (κ1) is 14.9. The number of benzene rings is 1. The number of anilines is 1. The lowest BCUT2D eigenvalue weighted by Gasteiger charge is -2.09. The summed E-state index contributed by atoms with van der Waals surface area (Å²) in [7, 11) is 0. The smallest absolute Gasteiger partial charge is 0.340 e. The van der Waals surface area contributed by atoms with Gasteiger partial charge in [0.2, 0.25) is 0 Å². The maximum Gasteiger partial charge on any atom is 0.340 e. The zero-order valence-electron chi connectivity index (χ0n) is 12.4. The second-order valence-electron chi connectivity index (χ2n) is 4.88. The van der Waals surface area contributed by atoms with Gasteiger partial charge in [0.1, 0.15) is 17.2 Å². The highest BCUT2D eigenvalue weighted by Gasteiger charge is 2.15. The number of fused-ring (bicyclic) bond motifs is 1. The molecule has 0 unspecified atom stereocenters. The van der Waals surface area contributed by atoms with Crippen LogP contribution in [0.25, 0.3) is 22.2 Å². The van der Waals surface area contributed by atoms with Crippen LogP contribution >= 0.6 is 0 Å². The van der Waals surface area contributed by atoms with Crippen LogP contribution in [0.3, 0.4) is 0 Å². The molecule has 2 aromatic heterocycles. The molecule has 2 N–H and O–H groups in total. The third kappa shape index (κ3) is 2.83. The molecule has 0 radical (unpaired) electrons. The molecule has 6 heteroatoms. The van der Waals surface area contributed by atoms with Gasteiger partial charge in [-0.05, 0) is 43.3 Å². The maximum absolute atomic E-state index is 13.0. The average Bonchev–Trinajstić information content (AvgIpc) is 2.56. The Hall–Kier alpha value is -3.02. The molecule has 5 nitrogen and oxygen atoms in total. The molecular formula is C17H14FN3O2. The van der Waals surface area contributed by atoms with Crippen LogP contribution < -0.4 is 5.73 Å². The number of ether oxygens (including phenoxy) is 1. The summed E-state index contributed by atoms with van der Waals surface area (Å²) in [6.45, 7) is 2.00. The molecule has 0 aliphatic rings. The Morgan fingerprint density at radius 2 is 1.96 bits per heavy atom. The van der Waals surface area contributed by atoms with Gasteiger partial charge in [-0.25, -0.2) is 19.2 Å². The van der Waals surface area contributed by atoms with E-state index in [2.05, 4.69) is 9.97 Å². The van der Waals surface area contributed by atoms with E-state index in [9.17, 15) is 9.18 Å². The van der Waals surface area contributed by atoms with Crippen molar-refractivity contribution in [2.24, 2.45) is 0 Å². The molecule has 0 aliphatic heterocycles. The molecule has 3 aromatic rings. The quantitative estimate of drug-likeness (QED) is 0.752. The highest BCUT2D eigenvalue weighted by molar-refractivity contribution is 6.05. The van der Waals surface area contributed by atoms with Crippen LogP contribution in [-0.2, 0) is 4.74 Å². The Kier molecular flexibility index (Phi) is 3.89. The predicted octanol–water partition coefficient (Wildman–Crippen LogP) is 3.19. The largest absolute Gasteiger partial charge is 0.462 e. The van der Waals surface area contributed by atoms with E-state index in [-0.39, 0.29) is 18.2 Å². The van der Waals surface area contributed by atoms with Crippen molar-refractivity contribution in [1.29, 1.82) is 0 Å². The second-order valence-corrected chi connectivity index (χ2v) is 4.88. The first-order valence-corrected chi connectivity index (χ1v) is 7.08. The Labute approximate surface area is 131 Å². The minimum Gasteiger partial charge on any atom is -0.462 e. The topological polar surface area (TPSA) is 78.1 Å². The SMILES string of the molecule is CCOC(=O)c1cnc(N)c2nc(-c3ccc(F)cc3)ccc12. The highest BCUT2D eigenvalue weighted by Crippen LogP contribution is 2.26. The van der Waals surface area contributed by atoms with Gasteiger partial charge in [0.15, 0.2) is 0 Å². The van der Waals surface area contributed by atoms with Gasteiger partial charge < -0.3 is 10.5 Å². The van der Waals surface area contributed by atoms with Gasteiger partial charge in [0.25, 0.3) is 0 Å². The van der Waals surface area contributed by atoms with Crippen LogP contribution in [0, 0.1) is 5.82 Å². The molecule has 0 spiro atoms. The minimum atomic E-state index is -0.471. The maximum atomic E-state index is 13.0. The predicted molar refractivity (Wildman–Crippen MR) is 85.3 cm³/mol. The monoisotopic (exact) mass is 311 g/mol. The van der Waals surface area contributed by atoms with Gasteiger partial charge in [-0.2, -0.15) is 0 Å². The van der Waals surface area contributed by atoms with E-state index in [0.29, 0.717) is 22.2 Å². The summed E-state index contributed by atoms with van der Waals surface area (Å²) >= 11 is 0. The van der Waals surface area contributed by atoms with Crippen molar-refractivity contribution in [2.75, 3.05) is 12.3 Å². The van der Waals surface area contributed by atoms with Crippen molar-refractivity contribution in [3.05, 3.63) is 54.0 Å². The van der Waals surface area contributed by atoms with Crippen molar-refractivity contribution < 1.29 is 13.9 Å². The van der Waals surface area contributed by atoms with Crippen LogP contribution in [0.4, 0.5) is 10.2 Å². The normalized spacial score (nSPS) is 10.7. The molecule has 1 aromatic carbocycles. The molecule has 0 aliphatic carbocycles. The number of halogens is 1. The Bertz CT molecular complexity index is 879. The summed E-state index contributed by atoms with van der Waals surface area (Å²) in [4.78, 5) is 20.5. The van der Waals surface area contributed by atoms with E-state index < -0.39 is 5.97 Å². The summed E-state index contributed by atoms with van der Waals surface area (Å²) < 4.78 is 18.0. The van der Waals surface area contributed by atoms with E-state index in [0.717, 1.165) is 5.56 Å². The fraction of sp³-hybridized carbons (Fsp3) is 0.118. The standard InChI is InChI=1S/C17H14FN3O2/c1-2-23-17(22)13-9-20-16(19)15-12(13)7-8-14(21-15)10-3-5-11(18)6-4-10/h3-9H,2H2,1H3,(H2,19,20). The van der Waals surface area contributed by atoms with Crippen LogP contribution in [-0.4, -0.2) is 22.5 Å². The average molecular weight is 311 g/mol. The Morgan fingerprint density at radius 3 is 2.65 bits per heavy atom. The number of nitrogens with two attached hydrogens (primary N) is 1. The molecule has 0 saturated carbocycles. The van der Waals surface area contributed by atoms with E-state index in [4.69, 9.17) is 10.5 Å². The fourth-order valence-electron chi connectivity index (χ4n) is 2.29. The van der Waals surface area contributed by atoms with E-state index >= 15 is 0 Å². The van der Waals surface area contributed by atoms with Crippen LogP contribution in [0.5, 0.6) is 0 Å². The second kappa shape index (κ2) is 6.00. The van der Waals surface area contributed by atoms with Crippen LogP contribution in [0.15, 0.2) is 42.6 Å². The van der Waals surface area contributed by atoms with Crippen LogP contribution in [0.2, 0.25) is 0 Å².